The largest absolute Gasteiger partial charge is 0.322 e. The average Bonchev–Trinajstić information content (AvgIpc) is 2.12. The summed E-state index contributed by atoms with van der Waals surface area (Å²) in [6, 6.07) is -1.21. The van der Waals surface area contributed by atoms with E-state index in [0.717, 1.165) is 6.08 Å². The van der Waals surface area contributed by atoms with Crippen molar-refractivity contribution in [3.05, 3.63) is 32.9 Å². The van der Waals surface area contributed by atoms with Crippen molar-refractivity contribution in [1.29, 1.82) is 0 Å². The summed E-state index contributed by atoms with van der Waals surface area (Å²) >= 11 is 0. The van der Waals surface area contributed by atoms with Crippen LogP contribution in [0.15, 0.2) is 12.7 Å². The molecular formula is C6H10N2O6. The highest BCUT2D eigenvalue weighted by Gasteiger charge is 2.40. The van der Waals surface area contributed by atoms with Crippen LogP contribution in [-0.4, -0.2) is 21.7 Å². The summed E-state index contributed by atoms with van der Waals surface area (Å²) in [6.45, 7) is 5.77. The molecule has 0 aliphatic heterocycles. The fourth-order valence-corrected chi connectivity index (χ4v) is 0.594. The third kappa shape index (κ3) is 2.98. The van der Waals surface area contributed by atoms with Crippen LogP contribution in [0, 0.1) is 20.2 Å². The molecule has 0 aliphatic rings. The van der Waals surface area contributed by atoms with Gasteiger partial charge in [0.15, 0.2) is 5.60 Å². The number of rotatable bonds is 6. The Bertz CT molecular complexity index is 255. The molecule has 14 heavy (non-hydrogen) atoms. The minimum atomic E-state index is -1.55. The van der Waals surface area contributed by atoms with Crippen LogP contribution in [0.1, 0.15) is 13.8 Å². The monoisotopic (exact) mass is 206 g/mol. The topological polar surface area (TPSA) is 105 Å². The summed E-state index contributed by atoms with van der Waals surface area (Å²) < 4.78 is 0. The quantitative estimate of drug-likeness (QED) is 0.274. The van der Waals surface area contributed by atoms with Gasteiger partial charge in [0, 0.05) is 11.8 Å². The SMILES string of the molecule is C=CC(C)(OO[N+](=O)[O-])C(C)[N+](=O)[O-]. The first-order valence-corrected chi connectivity index (χ1v) is 3.60. The first kappa shape index (κ1) is 12.3. The minimum absolute atomic E-state index is 0.648. The van der Waals surface area contributed by atoms with Crippen molar-refractivity contribution in [3.8, 4) is 0 Å². The first-order valence-electron chi connectivity index (χ1n) is 3.60. The highest BCUT2D eigenvalue weighted by molar-refractivity contribution is 4.97. The van der Waals surface area contributed by atoms with Crippen molar-refractivity contribution in [3.63, 3.8) is 0 Å². The molecule has 0 aliphatic carbocycles. The molecule has 0 amide bonds. The van der Waals surface area contributed by atoms with E-state index >= 15 is 0 Å². The number of hydrogen-bond acceptors (Lipinski definition) is 6. The van der Waals surface area contributed by atoms with Gasteiger partial charge in [-0.1, -0.05) is 12.7 Å². The van der Waals surface area contributed by atoms with Crippen LogP contribution >= 0.6 is 0 Å². The molecule has 0 N–H and O–H groups in total. The maximum Gasteiger partial charge on any atom is 0.322 e. The van der Waals surface area contributed by atoms with Crippen molar-refractivity contribution < 1.29 is 19.9 Å². The maximum atomic E-state index is 10.4. The summed E-state index contributed by atoms with van der Waals surface area (Å²) in [6.07, 6.45) is 1.07. The van der Waals surface area contributed by atoms with Gasteiger partial charge in [-0.15, -0.1) is 15.1 Å². The van der Waals surface area contributed by atoms with Gasteiger partial charge in [0.2, 0.25) is 6.04 Å². The predicted molar refractivity (Wildman–Crippen MR) is 44.2 cm³/mol. The van der Waals surface area contributed by atoms with E-state index in [0.29, 0.717) is 0 Å². The fraction of sp³-hybridized carbons (Fsp3) is 0.667. The van der Waals surface area contributed by atoms with Crippen LogP contribution in [-0.2, 0) is 9.88 Å². The van der Waals surface area contributed by atoms with Crippen LogP contribution in [0.2, 0.25) is 0 Å². The third-order valence-corrected chi connectivity index (χ3v) is 1.83. The van der Waals surface area contributed by atoms with Gasteiger partial charge in [0.05, 0.1) is 0 Å². The van der Waals surface area contributed by atoms with Gasteiger partial charge < -0.3 is 0 Å². The molecule has 0 heterocycles. The molecule has 0 fully saturated rings. The average molecular weight is 206 g/mol. The second kappa shape index (κ2) is 4.51. The van der Waals surface area contributed by atoms with Crippen LogP contribution in [0.25, 0.3) is 0 Å². The fourth-order valence-electron chi connectivity index (χ4n) is 0.594. The standard InChI is InChI=1S/C6H10N2O6/c1-4-6(3,5(2)7(9)10)13-14-8(11)12/h4-5H,1H2,2-3H3. The number of nitro groups is 1. The summed E-state index contributed by atoms with van der Waals surface area (Å²) in [7, 11) is 0. The molecule has 0 aromatic heterocycles. The van der Waals surface area contributed by atoms with E-state index in [1.165, 1.54) is 13.8 Å². The lowest BCUT2D eigenvalue weighted by Gasteiger charge is -2.23. The molecule has 0 spiro atoms. The van der Waals surface area contributed by atoms with Crippen molar-refractivity contribution >= 4 is 0 Å². The van der Waals surface area contributed by atoms with Gasteiger partial charge in [-0.2, -0.15) is 4.89 Å². The summed E-state index contributed by atoms with van der Waals surface area (Å²) in [5.74, 6) is 0. The lowest BCUT2D eigenvalue weighted by Crippen LogP contribution is -2.43. The van der Waals surface area contributed by atoms with E-state index in [9.17, 15) is 20.2 Å². The number of hydrogen-bond donors (Lipinski definition) is 0. The molecule has 2 unspecified atom stereocenters. The van der Waals surface area contributed by atoms with Crippen molar-refractivity contribution in [2.45, 2.75) is 25.5 Å². The zero-order valence-corrected chi connectivity index (χ0v) is 7.71. The van der Waals surface area contributed by atoms with Gasteiger partial charge in [0.1, 0.15) is 0 Å². The second-order valence-corrected chi connectivity index (χ2v) is 2.73. The van der Waals surface area contributed by atoms with Crippen LogP contribution in [0.5, 0.6) is 0 Å². The molecule has 2 atom stereocenters. The Morgan fingerprint density at radius 3 is 2.29 bits per heavy atom. The van der Waals surface area contributed by atoms with Gasteiger partial charge in [-0.25, -0.2) is 0 Å². The summed E-state index contributed by atoms with van der Waals surface area (Å²) in [5.41, 5.74) is -1.55. The Hall–Kier alpha value is -1.70. The highest BCUT2D eigenvalue weighted by atomic mass is 17.3. The van der Waals surface area contributed by atoms with Gasteiger partial charge in [-0.05, 0) is 6.92 Å². The molecule has 80 valence electrons. The lowest BCUT2D eigenvalue weighted by molar-refractivity contribution is -0.861. The lowest BCUT2D eigenvalue weighted by atomic mass is 9.99. The molecule has 0 radical (unpaired) electrons. The first-order chi connectivity index (χ1) is 6.33. The smallest absolute Gasteiger partial charge is 0.264 e. The Morgan fingerprint density at radius 1 is 1.50 bits per heavy atom. The molecule has 8 heteroatoms. The van der Waals surface area contributed by atoms with Crippen LogP contribution < -0.4 is 0 Å². The van der Waals surface area contributed by atoms with E-state index in [-0.39, 0.29) is 0 Å². The molecular weight excluding hydrogens is 196 g/mol. The normalized spacial score (nSPS) is 16.4. The van der Waals surface area contributed by atoms with Crippen LogP contribution in [0.4, 0.5) is 0 Å². The molecule has 0 aromatic carbocycles. The van der Waals surface area contributed by atoms with Crippen molar-refractivity contribution in [2.75, 3.05) is 0 Å². The second-order valence-electron chi connectivity index (χ2n) is 2.73. The third-order valence-electron chi connectivity index (χ3n) is 1.83. The van der Waals surface area contributed by atoms with Gasteiger partial charge >= 0.3 is 5.09 Å². The molecule has 0 aromatic rings. The van der Waals surface area contributed by atoms with Gasteiger partial charge in [-0.3, -0.25) is 10.1 Å². The Balaban J connectivity index is 4.53. The minimum Gasteiger partial charge on any atom is -0.264 e. The predicted octanol–water partition coefficient (Wildman–Crippen LogP) is 0.736. The van der Waals surface area contributed by atoms with Crippen LogP contribution in [0.3, 0.4) is 0 Å². The highest BCUT2D eigenvalue weighted by Crippen LogP contribution is 2.19. The molecule has 0 rings (SSSR count). The maximum absolute atomic E-state index is 10.4. The van der Waals surface area contributed by atoms with Crippen molar-refractivity contribution in [2.24, 2.45) is 0 Å². The Labute approximate surface area is 79.3 Å². The molecule has 0 saturated carbocycles. The van der Waals surface area contributed by atoms with E-state index in [2.05, 4.69) is 16.5 Å². The van der Waals surface area contributed by atoms with E-state index in [1.54, 1.807) is 0 Å². The Kier molecular flexibility index (Phi) is 3.96. The number of nitrogens with zero attached hydrogens (tertiary/aromatic N) is 2. The molecule has 0 saturated heterocycles. The van der Waals surface area contributed by atoms with E-state index in [1.807, 2.05) is 0 Å². The van der Waals surface area contributed by atoms with E-state index < -0.39 is 21.7 Å². The Morgan fingerprint density at radius 2 is 2.00 bits per heavy atom. The zero-order valence-electron chi connectivity index (χ0n) is 7.71. The molecule has 0 bridgehead atoms. The summed E-state index contributed by atoms with van der Waals surface area (Å²) in [4.78, 5) is 27.5. The molecule has 8 nitrogen and oxygen atoms in total. The summed E-state index contributed by atoms with van der Waals surface area (Å²) in [5, 5.41) is 19.0. The zero-order chi connectivity index (χ0) is 11.4. The van der Waals surface area contributed by atoms with Crippen molar-refractivity contribution in [1.82, 2.24) is 0 Å². The van der Waals surface area contributed by atoms with Gasteiger partial charge in [0.25, 0.3) is 0 Å². The van der Waals surface area contributed by atoms with E-state index in [4.69, 9.17) is 0 Å².